The summed E-state index contributed by atoms with van der Waals surface area (Å²) in [6.07, 6.45) is 6.57. The Kier molecular flexibility index (Phi) is 8.78. The third-order valence-corrected chi connectivity index (χ3v) is 7.36. The van der Waals surface area contributed by atoms with Gasteiger partial charge in [-0.2, -0.15) is 5.10 Å². The zero-order valence-corrected chi connectivity index (χ0v) is 23.7. The third-order valence-electron chi connectivity index (χ3n) is 7.36. The first-order chi connectivity index (χ1) is 19.1. The number of rotatable bonds is 8. The third kappa shape index (κ3) is 5.96. The molecule has 0 bridgehead atoms. The van der Waals surface area contributed by atoms with Gasteiger partial charge in [-0.25, -0.2) is 14.6 Å². The summed E-state index contributed by atoms with van der Waals surface area (Å²) >= 11 is 0. The van der Waals surface area contributed by atoms with Gasteiger partial charge in [0.05, 0.1) is 17.8 Å². The van der Waals surface area contributed by atoms with Crippen molar-refractivity contribution < 1.29 is 14.4 Å². The van der Waals surface area contributed by atoms with Crippen molar-refractivity contribution in [3.63, 3.8) is 0 Å². The quantitative estimate of drug-likeness (QED) is 0.362. The Hall–Kier alpha value is -4.32. The fourth-order valence-corrected chi connectivity index (χ4v) is 4.85. The molecule has 40 heavy (non-hydrogen) atoms. The zero-order chi connectivity index (χ0) is 29.0. The molecule has 0 spiro atoms. The van der Waals surface area contributed by atoms with E-state index in [1.54, 1.807) is 46.8 Å². The first-order valence-electron chi connectivity index (χ1n) is 13.3. The average Bonchev–Trinajstić information content (AvgIpc) is 3.34. The van der Waals surface area contributed by atoms with Crippen molar-refractivity contribution in [1.29, 1.82) is 0 Å². The second kappa shape index (κ2) is 12.2. The second-order valence-corrected chi connectivity index (χ2v) is 10.2. The van der Waals surface area contributed by atoms with Crippen molar-refractivity contribution in [2.75, 3.05) is 51.8 Å². The molecule has 12 nitrogen and oxygen atoms in total. The lowest BCUT2D eigenvalue weighted by molar-refractivity contribution is -0.128. The van der Waals surface area contributed by atoms with E-state index in [4.69, 9.17) is 5.73 Å². The number of fused-ring (bicyclic) bond motifs is 1. The van der Waals surface area contributed by atoms with Crippen molar-refractivity contribution >= 4 is 40.3 Å². The molecule has 3 heterocycles. The zero-order valence-electron chi connectivity index (χ0n) is 23.7. The summed E-state index contributed by atoms with van der Waals surface area (Å²) in [5.41, 5.74) is 10.1. The Morgan fingerprint density at radius 2 is 1.95 bits per heavy atom. The maximum Gasteiger partial charge on any atom is 0.277 e. The smallest absolute Gasteiger partial charge is 0.277 e. The van der Waals surface area contributed by atoms with E-state index in [1.807, 2.05) is 27.0 Å². The number of anilines is 2. The van der Waals surface area contributed by atoms with Crippen LogP contribution in [0.15, 0.2) is 30.6 Å². The second-order valence-electron chi connectivity index (χ2n) is 10.2. The molecule has 4 N–H and O–H groups in total. The van der Waals surface area contributed by atoms with E-state index >= 15 is 0 Å². The van der Waals surface area contributed by atoms with Crippen molar-refractivity contribution in [2.24, 2.45) is 0 Å². The Morgan fingerprint density at radius 3 is 2.67 bits per heavy atom. The summed E-state index contributed by atoms with van der Waals surface area (Å²) in [6, 6.07) is 3.47. The van der Waals surface area contributed by atoms with Crippen LogP contribution in [0.3, 0.4) is 0 Å². The number of nitrogens with two attached hydrogens (primary N) is 1. The minimum atomic E-state index is -0.441. The number of carbonyl (C=O) groups excluding carboxylic acids is 3. The number of likely N-dealkylation sites (N-methyl/N-ethyl adjacent to an activating group) is 2. The molecule has 3 amide bonds. The number of nitrogen functional groups attached to an aromatic ring is 1. The van der Waals surface area contributed by atoms with Crippen LogP contribution in [0.2, 0.25) is 0 Å². The van der Waals surface area contributed by atoms with E-state index in [0.29, 0.717) is 36.4 Å². The average molecular weight is 548 g/mol. The lowest BCUT2D eigenvalue weighted by Crippen LogP contribution is -2.40. The predicted octanol–water partition coefficient (Wildman–Crippen LogP) is 1.85. The van der Waals surface area contributed by atoms with Gasteiger partial charge in [0.2, 0.25) is 11.8 Å². The van der Waals surface area contributed by atoms with Crippen LogP contribution >= 0.6 is 0 Å². The number of benzene rings is 1. The summed E-state index contributed by atoms with van der Waals surface area (Å²) < 4.78 is 1.70. The van der Waals surface area contributed by atoms with Crippen molar-refractivity contribution in [2.45, 2.75) is 39.2 Å². The lowest BCUT2D eigenvalue weighted by Gasteiger charge is -2.32. The number of hydrogen-bond donors (Lipinski definition) is 3. The molecule has 3 aromatic rings. The van der Waals surface area contributed by atoms with Crippen LogP contribution in [0.1, 0.15) is 46.1 Å². The molecule has 1 aliphatic rings. The summed E-state index contributed by atoms with van der Waals surface area (Å²) in [7, 11) is 5.27. The van der Waals surface area contributed by atoms with Gasteiger partial charge in [0.25, 0.3) is 5.91 Å². The molecule has 212 valence electrons. The predicted molar refractivity (Wildman–Crippen MR) is 154 cm³/mol. The molecule has 4 rings (SSSR count). The van der Waals surface area contributed by atoms with E-state index in [9.17, 15) is 14.4 Å². The van der Waals surface area contributed by atoms with Crippen LogP contribution in [0.5, 0.6) is 0 Å². The fraction of sp³-hybridized carbons (Fsp3) is 0.429. The van der Waals surface area contributed by atoms with Gasteiger partial charge < -0.3 is 26.2 Å². The standard InChI is InChI=1S/C28H37N9O3/c1-17-18(2)21(11-10-19(17)14-23(39)35(4)5)33-28(40)25-24-26(29)31-16-32-27(24)37(34-25)20-8-7-13-36(15-20)22(38)9-6-12-30-3/h6,9-11,16,20,30H,7-8,12-15H2,1-5H3,(H,33,40)(H2,29,31,32)/b9-6+/t20-/m1/s1. The van der Waals surface area contributed by atoms with E-state index < -0.39 is 5.91 Å². The maximum atomic E-state index is 13.6. The number of nitrogens with zero attached hydrogens (tertiary/aromatic N) is 6. The fourth-order valence-electron chi connectivity index (χ4n) is 4.85. The molecule has 1 fully saturated rings. The van der Waals surface area contributed by atoms with Crippen LogP contribution in [-0.4, -0.2) is 88.0 Å². The molecule has 0 aliphatic carbocycles. The Balaban J connectivity index is 1.62. The highest BCUT2D eigenvalue weighted by Crippen LogP contribution is 2.30. The topological polar surface area (TPSA) is 151 Å². The van der Waals surface area contributed by atoms with Gasteiger partial charge in [-0.1, -0.05) is 12.1 Å². The molecule has 1 aliphatic heterocycles. The Bertz CT molecular complexity index is 1460. The minimum absolute atomic E-state index is 0.00346. The minimum Gasteiger partial charge on any atom is -0.383 e. The van der Waals surface area contributed by atoms with Gasteiger partial charge in [-0.05, 0) is 56.5 Å². The summed E-state index contributed by atoms with van der Waals surface area (Å²) in [5.74, 6) is -0.344. The number of piperidine rings is 1. The van der Waals surface area contributed by atoms with Crippen molar-refractivity contribution in [3.05, 3.63) is 53.0 Å². The van der Waals surface area contributed by atoms with Crippen LogP contribution < -0.4 is 16.4 Å². The van der Waals surface area contributed by atoms with Crippen LogP contribution in [0.25, 0.3) is 11.0 Å². The number of likely N-dealkylation sites (tertiary alicyclic amines) is 1. The van der Waals surface area contributed by atoms with E-state index in [0.717, 1.165) is 29.5 Å². The first kappa shape index (κ1) is 28.7. The lowest BCUT2D eigenvalue weighted by atomic mass is 9.98. The van der Waals surface area contributed by atoms with E-state index in [-0.39, 0.29) is 35.8 Å². The van der Waals surface area contributed by atoms with Crippen LogP contribution in [0, 0.1) is 13.8 Å². The van der Waals surface area contributed by atoms with E-state index in [1.165, 1.54) is 6.33 Å². The number of hydrogen-bond acceptors (Lipinski definition) is 8. The van der Waals surface area contributed by atoms with Gasteiger partial charge in [0, 0.05) is 45.5 Å². The summed E-state index contributed by atoms with van der Waals surface area (Å²) in [6.45, 7) is 5.54. The molecule has 1 saturated heterocycles. The highest BCUT2D eigenvalue weighted by atomic mass is 16.2. The number of nitrogens with one attached hydrogen (secondary N) is 2. The maximum absolute atomic E-state index is 13.6. The molecule has 2 aromatic heterocycles. The number of aromatic nitrogens is 4. The van der Waals surface area contributed by atoms with Gasteiger partial charge in [-0.3, -0.25) is 14.4 Å². The Morgan fingerprint density at radius 1 is 1.18 bits per heavy atom. The van der Waals surface area contributed by atoms with Crippen molar-refractivity contribution in [1.82, 2.24) is 34.9 Å². The largest absolute Gasteiger partial charge is 0.383 e. The molecule has 0 saturated carbocycles. The molecule has 1 atom stereocenters. The highest BCUT2D eigenvalue weighted by Gasteiger charge is 2.29. The highest BCUT2D eigenvalue weighted by molar-refractivity contribution is 6.13. The van der Waals surface area contributed by atoms with Gasteiger partial charge in [0.15, 0.2) is 11.3 Å². The Labute approximate surface area is 233 Å². The normalized spacial score (nSPS) is 15.5. The molecular weight excluding hydrogens is 510 g/mol. The SMILES string of the molecule is CNC/C=C/C(=O)N1CCC[C@@H](n2nc(C(=O)Nc3ccc(CC(=O)N(C)C)c(C)c3C)c3c(N)ncnc32)C1. The van der Waals surface area contributed by atoms with Gasteiger partial charge >= 0.3 is 0 Å². The van der Waals surface area contributed by atoms with Gasteiger partial charge in [0.1, 0.15) is 12.1 Å². The van der Waals surface area contributed by atoms with Crippen LogP contribution in [-0.2, 0) is 16.0 Å². The molecule has 0 unspecified atom stereocenters. The molecule has 0 radical (unpaired) electrons. The summed E-state index contributed by atoms with van der Waals surface area (Å²) in [5, 5.41) is 11.0. The molecule has 1 aromatic carbocycles. The molecular formula is C28H37N9O3. The monoisotopic (exact) mass is 547 g/mol. The number of carbonyl (C=O) groups is 3. The van der Waals surface area contributed by atoms with Gasteiger partial charge in [-0.15, -0.1) is 0 Å². The first-order valence-corrected chi connectivity index (χ1v) is 13.3. The van der Waals surface area contributed by atoms with Crippen LogP contribution in [0.4, 0.5) is 11.5 Å². The number of amides is 3. The summed E-state index contributed by atoms with van der Waals surface area (Å²) in [4.78, 5) is 50.4. The van der Waals surface area contributed by atoms with Crippen molar-refractivity contribution in [3.8, 4) is 0 Å². The molecule has 12 heteroatoms. The van der Waals surface area contributed by atoms with E-state index in [2.05, 4.69) is 25.7 Å².